The maximum absolute atomic E-state index is 11.9. The van der Waals surface area contributed by atoms with Crippen LogP contribution in [-0.4, -0.2) is 28.3 Å². The molecule has 6 nitrogen and oxygen atoms in total. The van der Waals surface area contributed by atoms with Crippen molar-refractivity contribution < 1.29 is 4.74 Å². The van der Waals surface area contributed by atoms with Crippen LogP contribution in [0.5, 0.6) is 5.75 Å². The molecule has 0 saturated heterocycles. The number of benzene rings is 1. The lowest BCUT2D eigenvalue weighted by Crippen LogP contribution is -2.18. The summed E-state index contributed by atoms with van der Waals surface area (Å²) in [7, 11) is 1.95. The normalized spacial score (nSPS) is 10.9. The topological polar surface area (TPSA) is 59.7 Å². The molecule has 0 fully saturated rings. The van der Waals surface area contributed by atoms with Gasteiger partial charge >= 0.3 is 0 Å². The summed E-state index contributed by atoms with van der Waals surface area (Å²) in [6.45, 7) is 5.13. The van der Waals surface area contributed by atoms with Crippen molar-refractivity contribution in [3.05, 3.63) is 51.9 Å². The first-order valence-corrected chi connectivity index (χ1v) is 8.19. The van der Waals surface area contributed by atoms with E-state index in [-0.39, 0.29) is 5.56 Å². The standard InChI is InChI=1S/C16H18N4O2S/c1-4-22-13-7-5-12(6-8-13)10-19(3)16-18-20-14(21)9-11(2)17-15(20)23-16/h5-9H,4,10H2,1-3H3. The molecule has 2 heterocycles. The summed E-state index contributed by atoms with van der Waals surface area (Å²) in [5.74, 6) is 0.866. The van der Waals surface area contributed by atoms with Gasteiger partial charge in [-0.25, -0.2) is 4.98 Å². The molecule has 3 rings (SSSR count). The van der Waals surface area contributed by atoms with Gasteiger partial charge in [0.15, 0.2) is 0 Å². The summed E-state index contributed by atoms with van der Waals surface area (Å²) in [6.07, 6.45) is 0. The Labute approximate surface area is 138 Å². The molecule has 0 radical (unpaired) electrons. The molecule has 0 N–H and O–H groups in total. The Morgan fingerprint density at radius 3 is 2.74 bits per heavy atom. The Morgan fingerprint density at radius 2 is 2.04 bits per heavy atom. The third-order valence-corrected chi connectivity index (χ3v) is 4.37. The van der Waals surface area contributed by atoms with Gasteiger partial charge < -0.3 is 9.64 Å². The predicted octanol–water partition coefficient (Wildman–Crippen LogP) is 2.49. The number of hydrogen-bond acceptors (Lipinski definition) is 6. The van der Waals surface area contributed by atoms with E-state index in [9.17, 15) is 4.79 Å². The van der Waals surface area contributed by atoms with E-state index in [4.69, 9.17) is 4.74 Å². The molecule has 0 unspecified atom stereocenters. The zero-order valence-electron chi connectivity index (χ0n) is 13.3. The Bertz CT molecular complexity index is 870. The van der Waals surface area contributed by atoms with E-state index in [1.807, 2.05) is 50.1 Å². The van der Waals surface area contributed by atoms with Crippen LogP contribution in [0.15, 0.2) is 35.1 Å². The fourth-order valence-corrected chi connectivity index (χ4v) is 3.18. The second-order valence-electron chi connectivity index (χ2n) is 5.25. The third-order valence-electron chi connectivity index (χ3n) is 3.34. The van der Waals surface area contributed by atoms with Gasteiger partial charge in [-0.15, -0.1) is 5.10 Å². The smallest absolute Gasteiger partial charge is 0.275 e. The highest BCUT2D eigenvalue weighted by Crippen LogP contribution is 2.22. The van der Waals surface area contributed by atoms with E-state index in [1.165, 1.54) is 21.9 Å². The summed E-state index contributed by atoms with van der Waals surface area (Å²) in [6, 6.07) is 9.47. The van der Waals surface area contributed by atoms with E-state index in [0.29, 0.717) is 23.8 Å². The second kappa shape index (κ2) is 6.37. The molecule has 0 aliphatic heterocycles. The fraction of sp³-hybridized carbons (Fsp3) is 0.312. The van der Waals surface area contributed by atoms with E-state index in [0.717, 1.165) is 16.4 Å². The van der Waals surface area contributed by atoms with Gasteiger partial charge in [0.05, 0.1) is 6.61 Å². The molecule has 23 heavy (non-hydrogen) atoms. The highest BCUT2D eigenvalue weighted by Gasteiger charge is 2.11. The molecular formula is C16H18N4O2S. The first-order valence-electron chi connectivity index (χ1n) is 7.37. The van der Waals surface area contributed by atoms with Crippen molar-refractivity contribution in [1.29, 1.82) is 0 Å². The lowest BCUT2D eigenvalue weighted by Gasteiger charge is -2.15. The number of hydrogen-bond donors (Lipinski definition) is 0. The Balaban J connectivity index is 1.81. The van der Waals surface area contributed by atoms with Crippen LogP contribution in [0.2, 0.25) is 0 Å². The molecule has 0 spiro atoms. The van der Waals surface area contributed by atoms with Gasteiger partial charge in [-0.3, -0.25) is 4.79 Å². The zero-order valence-corrected chi connectivity index (χ0v) is 14.1. The molecule has 0 bridgehead atoms. The molecule has 2 aromatic heterocycles. The van der Waals surface area contributed by atoms with Gasteiger partial charge in [0.25, 0.3) is 5.56 Å². The summed E-state index contributed by atoms with van der Waals surface area (Å²) < 4.78 is 6.79. The van der Waals surface area contributed by atoms with E-state index in [2.05, 4.69) is 10.1 Å². The van der Waals surface area contributed by atoms with Crippen LogP contribution in [0.4, 0.5) is 5.13 Å². The van der Waals surface area contributed by atoms with Crippen LogP contribution in [-0.2, 0) is 6.54 Å². The second-order valence-corrected chi connectivity index (χ2v) is 6.18. The molecule has 0 saturated carbocycles. The fourth-order valence-electron chi connectivity index (χ4n) is 2.26. The molecule has 0 amide bonds. The summed E-state index contributed by atoms with van der Waals surface area (Å²) in [5, 5.41) is 5.12. The van der Waals surface area contributed by atoms with Crippen LogP contribution >= 0.6 is 11.3 Å². The first-order chi connectivity index (χ1) is 11.1. The molecule has 1 aromatic carbocycles. The number of rotatable bonds is 5. The summed E-state index contributed by atoms with van der Waals surface area (Å²) in [4.78, 5) is 18.9. The molecule has 7 heteroatoms. The summed E-state index contributed by atoms with van der Waals surface area (Å²) in [5.41, 5.74) is 1.70. The number of aryl methyl sites for hydroxylation is 1. The minimum Gasteiger partial charge on any atom is -0.494 e. The molecule has 120 valence electrons. The van der Waals surface area contributed by atoms with Crippen molar-refractivity contribution in [3.63, 3.8) is 0 Å². The first kappa shape index (κ1) is 15.5. The minimum absolute atomic E-state index is 0.149. The van der Waals surface area contributed by atoms with Crippen LogP contribution in [0, 0.1) is 6.92 Å². The maximum atomic E-state index is 11.9. The van der Waals surface area contributed by atoms with Gasteiger partial charge in [-0.1, -0.05) is 23.5 Å². The number of nitrogens with zero attached hydrogens (tertiary/aromatic N) is 4. The monoisotopic (exact) mass is 330 g/mol. The molecule has 0 aliphatic rings. The van der Waals surface area contributed by atoms with Crippen LogP contribution in [0.3, 0.4) is 0 Å². The lowest BCUT2D eigenvalue weighted by atomic mass is 10.2. The Morgan fingerprint density at radius 1 is 1.30 bits per heavy atom. The van der Waals surface area contributed by atoms with Gasteiger partial charge in [-0.2, -0.15) is 4.52 Å². The number of aromatic nitrogens is 3. The molecule has 0 aliphatic carbocycles. The van der Waals surface area contributed by atoms with Gasteiger partial charge in [0.2, 0.25) is 10.1 Å². The highest BCUT2D eigenvalue weighted by atomic mass is 32.1. The largest absolute Gasteiger partial charge is 0.494 e. The zero-order chi connectivity index (χ0) is 16.4. The third kappa shape index (κ3) is 3.34. The van der Waals surface area contributed by atoms with Crippen LogP contribution in [0.25, 0.3) is 4.96 Å². The van der Waals surface area contributed by atoms with Crippen molar-refractivity contribution in [1.82, 2.24) is 14.6 Å². The molecule has 3 aromatic rings. The van der Waals surface area contributed by atoms with Crippen LogP contribution < -0.4 is 15.2 Å². The average molecular weight is 330 g/mol. The maximum Gasteiger partial charge on any atom is 0.275 e. The van der Waals surface area contributed by atoms with Crippen molar-refractivity contribution in [2.75, 3.05) is 18.6 Å². The highest BCUT2D eigenvalue weighted by molar-refractivity contribution is 7.20. The van der Waals surface area contributed by atoms with Crippen molar-refractivity contribution >= 4 is 21.4 Å². The Hall–Kier alpha value is -2.41. The number of anilines is 1. The van der Waals surface area contributed by atoms with Crippen molar-refractivity contribution in [3.8, 4) is 5.75 Å². The van der Waals surface area contributed by atoms with Gasteiger partial charge in [0.1, 0.15) is 5.75 Å². The molecule has 0 atom stereocenters. The van der Waals surface area contributed by atoms with E-state index in [1.54, 1.807) is 0 Å². The summed E-state index contributed by atoms with van der Waals surface area (Å²) >= 11 is 1.41. The van der Waals surface area contributed by atoms with Crippen molar-refractivity contribution in [2.45, 2.75) is 20.4 Å². The Kier molecular flexibility index (Phi) is 4.29. The van der Waals surface area contributed by atoms with E-state index >= 15 is 0 Å². The van der Waals surface area contributed by atoms with Crippen LogP contribution in [0.1, 0.15) is 18.2 Å². The molecular weight excluding hydrogens is 312 g/mol. The minimum atomic E-state index is -0.149. The quantitative estimate of drug-likeness (QED) is 0.719. The lowest BCUT2D eigenvalue weighted by molar-refractivity contribution is 0.340. The van der Waals surface area contributed by atoms with Crippen molar-refractivity contribution in [2.24, 2.45) is 0 Å². The van der Waals surface area contributed by atoms with Gasteiger partial charge in [0, 0.05) is 25.4 Å². The average Bonchev–Trinajstić information content (AvgIpc) is 2.94. The SMILES string of the molecule is CCOc1ccc(CN(C)c2nn3c(=O)cc(C)nc3s2)cc1. The number of fused-ring (bicyclic) bond motifs is 1. The number of ether oxygens (including phenoxy) is 1. The predicted molar refractivity (Wildman–Crippen MR) is 91.6 cm³/mol. The van der Waals surface area contributed by atoms with Gasteiger partial charge in [-0.05, 0) is 31.5 Å². The van der Waals surface area contributed by atoms with E-state index < -0.39 is 0 Å².